The molecule has 0 bridgehead atoms. The molecule has 0 amide bonds. The number of H-pyrrole nitrogens is 1. The summed E-state index contributed by atoms with van der Waals surface area (Å²) in [6, 6.07) is 4.26. The summed E-state index contributed by atoms with van der Waals surface area (Å²) in [5, 5.41) is 10.9. The summed E-state index contributed by atoms with van der Waals surface area (Å²) in [7, 11) is 0. The number of benzene rings is 1. The lowest BCUT2D eigenvalue weighted by Gasteiger charge is -2.05. The summed E-state index contributed by atoms with van der Waals surface area (Å²) < 4.78 is 37.8. The Balaban J connectivity index is 2.41. The Morgan fingerprint density at radius 1 is 1.26 bits per heavy atom. The molecule has 2 rings (SSSR count). The van der Waals surface area contributed by atoms with E-state index >= 15 is 0 Å². The van der Waals surface area contributed by atoms with E-state index in [1.165, 1.54) is 18.2 Å². The van der Waals surface area contributed by atoms with Crippen LogP contribution in [-0.4, -0.2) is 14.9 Å². The van der Waals surface area contributed by atoms with Gasteiger partial charge in [0.25, 0.3) is 5.69 Å². The Kier molecular flexibility index (Phi) is 4.50. The minimum atomic E-state index is -4.73. The molecule has 10 heteroatoms. The van der Waals surface area contributed by atoms with E-state index in [4.69, 9.17) is 11.6 Å². The molecule has 1 aromatic carbocycles. The first-order valence-corrected chi connectivity index (χ1v) is 6.35. The van der Waals surface area contributed by atoms with Gasteiger partial charge in [0.15, 0.2) is 0 Å². The van der Waals surface area contributed by atoms with Gasteiger partial charge < -0.3 is 4.98 Å². The molecule has 0 aliphatic rings. The van der Waals surface area contributed by atoms with Crippen LogP contribution in [0.25, 0.3) is 12.2 Å². The van der Waals surface area contributed by atoms with Gasteiger partial charge in [-0.05, 0) is 23.8 Å². The number of hydrogen-bond acceptors (Lipinski definition) is 4. The van der Waals surface area contributed by atoms with Crippen molar-refractivity contribution in [1.82, 2.24) is 9.97 Å². The van der Waals surface area contributed by atoms with Crippen molar-refractivity contribution in [2.24, 2.45) is 0 Å². The molecule has 6 nitrogen and oxygen atoms in total. The smallest absolute Gasteiger partial charge is 0.302 e. The van der Waals surface area contributed by atoms with Crippen LogP contribution >= 0.6 is 11.6 Å². The lowest BCUT2D eigenvalue weighted by atomic mass is 10.1. The molecule has 1 aromatic heterocycles. The zero-order valence-electron chi connectivity index (χ0n) is 11.1. The summed E-state index contributed by atoms with van der Waals surface area (Å²) in [6.45, 7) is 0. The third-order valence-electron chi connectivity index (χ3n) is 2.69. The van der Waals surface area contributed by atoms with Crippen molar-refractivity contribution in [3.05, 3.63) is 66.8 Å². The number of aromatic amines is 1. The van der Waals surface area contributed by atoms with Gasteiger partial charge in [-0.25, -0.2) is 4.79 Å². The van der Waals surface area contributed by atoms with Crippen molar-refractivity contribution in [3.63, 3.8) is 0 Å². The van der Waals surface area contributed by atoms with E-state index in [-0.39, 0.29) is 22.0 Å². The molecule has 0 atom stereocenters. The second-order valence-corrected chi connectivity index (χ2v) is 4.73. The second kappa shape index (κ2) is 6.21. The van der Waals surface area contributed by atoms with E-state index < -0.39 is 22.5 Å². The summed E-state index contributed by atoms with van der Waals surface area (Å²) >= 11 is 5.86. The highest BCUT2D eigenvalue weighted by molar-refractivity contribution is 6.32. The zero-order valence-corrected chi connectivity index (χ0v) is 11.9. The normalized spacial score (nSPS) is 11.8. The van der Waals surface area contributed by atoms with Gasteiger partial charge in [0, 0.05) is 17.2 Å². The van der Waals surface area contributed by atoms with Crippen LogP contribution in [-0.2, 0) is 6.18 Å². The standard InChI is InChI=1S/C13H7ClF3N3O3/c14-10-4-3-9(20(22)23)5-7(10)1-2-8-6-11(13(15,16)17)19-12(21)18-8/h1-6H,(H,18,19,21)/b2-1+. The van der Waals surface area contributed by atoms with Gasteiger partial charge in [-0.3, -0.25) is 10.1 Å². The molecular formula is C13H7ClF3N3O3. The Bertz CT molecular complexity index is 846. The molecule has 1 N–H and O–H groups in total. The summed E-state index contributed by atoms with van der Waals surface area (Å²) in [6.07, 6.45) is -2.39. The van der Waals surface area contributed by atoms with Gasteiger partial charge in [0.1, 0.15) is 5.69 Å². The lowest BCUT2D eigenvalue weighted by Crippen LogP contribution is -2.19. The molecule has 1 heterocycles. The van der Waals surface area contributed by atoms with Crippen LogP contribution in [0.15, 0.2) is 29.1 Å². The lowest BCUT2D eigenvalue weighted by molar-refractivity contribution is -0.384. The highest BCUT2D eigenvalue weighted by atomic mass is 35.5. The van der Waals surface area contributed by atoms with Gasteiger partial charge in [-0.15, -0.1) is 0 Å². The fourth-order valence-electron chi connectivity index (χ4n) is 1.66. The third kappa shape index (κ3) is 4.16. The average Bonchev–Trinajstić information content (AvgIpc) is 2.44. The first kappa shape index (κ1) is 16.7. The van der Waals surface area contributed by atoms with Gasteiger partial charge in [0.2, 0.25) is 0 Å². The number of hydrogen-bond donors (Lipinski definition) is 1. The number of aromatic nitrogens is 2. The van der Waals surface area contributed by atoms with Crippen molar-refractivity contribution in [2.75, 3.05) is 0 Å². The Labute approximate surface area is 131 Å². The minimum Gasteiger partial charge on any atom is -0.302 e. The van der Waals surface area contributed by atoms with E-state index in [2.05, 4.69) is 4.98 Å². The quantitative estimate of drug-likeness (QED) is 0.681. The number of nitro benzene ring substituents is 1. The van der Waals surface area contributed by atoms with E-state index in [1.807, 2.05) is 0 Å². The summed E-state index contributed by atoms with van der Waals surface area (Å²) in [5.41, 5.74) is -2.70. The number of nitrogens with zero attached hydrogens (tertiary/aromatic N) is 2. The van der Waals surface area contributed by atoms with Crippen molar-refractivity contribution >= 4 is 29.4 Å². The van der Waals surface area contributed by atoms with Gasteiger partial charge >= 0.3 is 11.9 Å². The molecule has 0 unspecified atom stereocenters. The Morgan fingerprint density at radius 2 is 1.96 bits per heavy atom. The SMILES string of the molecule is O=c1nc(/C=C/c2cc([N+](=O)[O-])ccc2Cl)cc(C(F)(F)F)[nH]1. The molecule has 0 saturated heterocycles. The maximum atomic E-state index is 12.6. The molecule has 2 aromatic rings. The van der Waals surface area contributed by atoms with Crippen LogP contribution in [0.1, 0.15) is 17.0 Å². The van der Waals surface area contributed by atoms with Crippen molar-refractivity contribution < 1.29 is 18.1 Å². The molecule has 0 spiro atoms. The van der Waals surface area contributed by atoms with Gasteiger partial charge in [-0.1, -0.05) is 17.7 Å². The van der Waals surface area contributed by atoms with E-state index in [0.29, 0.717) is 6.07 Å². The van der Waals surface area contributed by atoms with Crippen LogP contribution in [0.4, 0.5) is 18.9 Å². The number of nitro groups is 1. The zero-order chi connectivity index (χ0) is 17.2. The molecule has 0 saturated carbocycles. The number of halogens is 4. The number of alkyl halides is 3. The van der Waals surface area contributed by atoms with Crippen molar-refractivity contribution in [2.45, 2.75) is 6.18 Å². The van der Waals surface area contributed by atoms with Crippen molar-refractivity contribution in [3.8, 4) is 0 Å². The number of rotatable bonds is 3. The first-order chi connectivity index (χ1) is 10.7. The van der Waals surface area contributed by atoms with Crippen LogP contribution in [0.2, 0.25) is 5.02 Å². The van der Waals surface area contributed by atoms with E-state index in [9.17, 15) is 28.1 Å². The monoisotopic (exact) mass is 345 g/mol. The predicted octanol–water partition coefficient (Wildman–Crippen LogP) is 3.52. The Hall–Kier alpha value is -2.68. The topological polar surface area (TPSA) is 88.9 Å². The first-order valence-electron chi connectivity index (χ1n) is 5.97. The highest BCUT2D eigenvalue weighted by Gasteiger charge is 2.32. The highest BCUT2D eigenvalue weighted by Crippen LogP contribution is 2.27. The van der Waals surface area contributed by atoms with Crippen LogP contribution in [0.3, 0.4) is 0 Å². The molecule has 120 valence electrons. The molecular weight excluding hydrogens is 339 g/mol. The van der Waals surface area contributed by atoms with Crippen molar-refractivity contribution in [1.29, 1.82) is 0 Å². The fraction of sp³-hybridized carbons (Fsp3) is 0.0769. The summed E-state index contributed by atoms with van der Waals surface area (Å²) in [4.78, 5) is 26.2. The molecule has 0 aliphatic heterocycles. The van der Waals surface area contributed by atoms with Crippen LogP contribution in [0, 0.1) is 10.1 Å². The largest absolute Gasteiger partial charge is 0.431 e. The summed E-state index contributed by atoms with van der Waals surface area (Å²) in [5.74, 6) is 0. The fourth-order valence-corrected chi connectivity index (χ4v) is 1.84. The second-order valence-electron chi connectivity index (χ2n) is 4.32. The number of non-ortho nitro benzene ring substituents is 1. The van der Waals surface area contributed by atoms with Crippen LogP contribution < -0.4 is 5.69 Å². The Morgan fingerprint density at radius 3 is 2.57 bits per heavy atom. The maximum absolute atomic E-state index is 12.6. The predicted molar refractivity (Wildman–Crippen MR) is 76.9 cm³/mol. The molecule has 0 radical (unpaired) electrons. The molecule has 23 heavy (non-hydrogen) atoms. The van der Waals surface area contributed by atoms with E-state index in [1.54, 1.807) is 4.98 Å². The van der Waals surface area contributed by atoms with E-state index in [0.717, 1.165) is 12.1 Å². The molecule has 0 aliphatic carbocycles. The average molecular weight is 346 g/mol. The van der Waals surface area contributed by atoms with Gasteiger partial charge in [-0.2, -0.15) is 18.2 Å². The number of nitrogens with one attached hydrogen (secondary N) is 1. The third-order valence-corrected chi connectivity index (χ3v) is 3.04. The van der Waals surface area contributed by atoms with Crippen LogP contribution in [0.5, 0.6) is 0 Å². The van der Waals surface area contributed by atoms with Gasteiger partial charge in [0.05, 0.1) is 10.6 Å². The maximum Gasteiger partial charge on any atom is 0.431 e. The molecule has 0 fully saturated rings. The minimum absolute atomic E-state index is 0.160.